The SMILES string of the molecule is CNCCN(C)C(=O)c1cc(C)n(-c2ccc(Br)cc2)c1C. The van der Waals surface area contributed by atoms with Crippen molar-refractivity contribution in [1.82, 2.24) is 14.8 Å². The van der Waals surface area contributed by atoms with Crippen molar-refractivity contribution in [2.24, 2.45) is 0 Å². The summed E-state index contributed by atoms with van der Waals surface area (Å²) in [6.07, 6.45) is 0. The van der Waals surface area contributed by atoms with E-state index in [-0.39, 0.29) is 5.91 Å². The zero-order chi connectivity index (χ0) is 16.3. The Morgan fingerprint density at radius 3 is 2.50 bits per heavy atom. The zero-order valence-corrected chi connectivity index (χ0v) is 15.1. The van der Waals surface area contributed by atoms with Crippen LogP contribution >= 0.6 is 15.9 Å². The van der Waals surface area contributed by atoms with Crippen LogP contribution in [0.15, 0.2) is 34.8 Å². The molecule has 0 unspecified atom stereocenters. The predicted molar refractivity (Wildman–Crippen MR) is 93.8 cm³/mol. The Labute approximate surface area is 140 Å². The normalized spacial score (nSPS) is 10.8. The number of carbonyl (C=O) groups excluding carboxylic acids is 1. The van der Waals surface area contributed by atoms with Crippen LogP contribution in [-0.4, -0.2) is 42.6 Å². The number of rotatable bonds is 5. The molecule has 118 valence electrons. The van der Waals surface area contributed by atoms with Gasteiger partial charge in [0.25, 0.3) is 5.91 Å². The summed E-state index contributed by atoms with van der Waals surface area (Å²) in [5.74, 6) is 0.0618. The van der Waals surface area contributed by atoms with Gasteiger partial charge in [-0.1, -0.05) is 15.9 Å². The highest BCUT2D eigenvalue weighted by molar-refractivity contribution is 9.10. The third-order valence-corrected chi connectivity index (χ3v) is 4.32. The number of amides is 1. The van der Waals surface area contributed by atoms with Gasteiger partial charge in [0.1, 0.15) is 0 Å². The van der Waals surface area contributed by atoms with Gasteiger partial charge in [0.2, 0.25) is 0 Å². The minimum absolute atomic E-state index is 0.0618. The van der Waals surface area contributed by atoms with Crippen molar-refractivity contribution in [3.05, 3.63) is 51.8 Å². The lowest BCUT2D eigenvalue weighted by atomic mass is 10.2. The number of aryl methyl sites for hydroxylation is 1. The summed E-state index contributed by atoms with van der Waals surface area (Å²) in [5, 5.41) is 3.06. The van der Waals surface area contributed by atoms with Crippen molar-refractivity contribution in [2.45, 2.75) is 13.8 Å². The van der Waals surface area contributed by atoms with E-state index in [4.69, 9.17) is 0 Å². The first-order chi connectivity index (χ1) is 10.5. The second-order valence-electron chi connectivity index (χ2n) is 5.43. The van der Waals surface area contributed by atoms with Crippen molar-refractivity contribution in [2.75, 3.05) is 27.2 Å². The molecule has 4 nitrogen and oxygen atoms in total. The Hall–Kier alpha value is -1.59. The van der Waals surface area contributed by atoms with Crippen LogP contribution in [0.3, 0.4) is 0 Å². The van der Waals surface area contributed by atoms with E-state index in [9.17, 15) is 4.79 Å². The van der Waals surface area contributed by atoms with E-state index in [0.717, 1.165) is 33.7 Å². The minimum Gasteiger partial charge on any atom is -0.340 e. The topological polar surface area (TPSA) is 37.3 Å². The fraction of sp³-hybridized carbons (Fsp3) is 0.353. The van der Waals surface area contributed by atoms with Gasteiger partial charge >= 0.3 is 0 Å². The summed E-state index contributed by atoms with van der Waals surface area (Å²) in [6.45, 7) is 5.50. The van der Waals surface area contributed by atoms with Crippen LogP contribution in [0.25, 0.3) is 5.69 Å². The molecule has 1 N–H and O–H groups in total. The van der Waals surface area contributed by atoms with Gasteiger partial charge in [0.15, 0.2) is 0 Å². The first-order valence-electron chi connectivity index (χ1n) is 7.30. The largest absolute Gasteiger partial charge is 0.340 e. The number of likely N-dealkylation sites (N-methyl/N-ethyl adjacent to an activating group) is 2. The lowest BCUT2D eigenvalue weighted by Gasteiger charge is -2.17. The average molecular weight is 364 g/mol. The van der Waals surface area contributed by atoms with Crippen molar-refractivity contribution in [1.29, 1.82) is 0 Å². The van der Waals surface area contributed by atoms with Gasteiger partial charge in [-0.2, -0.15) is 0 Å². The first kappa shape index (κ1) is 16.8. The third-order valence-electron chi connectivity index (χ3n) is 3.79. The summed E-state index contributed by atoms with van der Waals surface area (Å²) < 4.78 is 3.16. The lowest BCUT2D eigenvalue weighted by Crippen LogP contribution is -2.33. The maximum atomic E-state index is 12.6. The summed E-state index contributed by atoms with van der Waals surface area (Å²) in [6, 6.07) is 10.1. The van der Waals surface area contributed by atoms with Crippen LogP contribution < -0.4 is 5.32 Å². The van der Waals surface area contributed by atoms with Crippen LogP contribution in [0.2, 0.25) is 0 Å². The molecule has 0 spiro atoms. The number of hydrogen-bond donors (Lipinski definition) is 1. The molecule has 0 aliphatic carbocycles. The Bertz CT molecular complexity index is 661. The minimum atomic E-state index is 0.0618. The van der Waals surface area contributed by atoms with E-state index in [0.29, 0.717) is 6.54 Å². The van der Waals surface area contributed by atoms with Gasteiger partial charge in [-0.3, -0.25) is 4.79 Å². The molecule has 0 fully saturated rings. The highest BCUT2D eigenvalue weighted by Crippen LogP contribution is 2.23. The first-order valence-corrected chi connectivity index (χ1v) is 8.10. The van der Waals surface area contributed by atoms with Gasteiger partial charge in [0, 0.05) is 41.7 Å². The number of nitrogens with one attached hydrogen (secondary N) is 1. The van der Waals surface area contributed by atoms with E-state index in [1.807, 2.05) is 58.3 Å². The molecule has 1 aromatic heterocycles. The van der Waals surface area contributed by atoms with Crippen molar-refractivity contribution >= 4 is 21.8 Å². The van der Waals surface area contributed by atoms with Gasteiger partial charge in [0.05, 0.1) is 5.56 Å². The summed E-state index contributed by atoms with van der Waals surface area (Å²) in [5.41, 5.74) is 3.86. The van der Waals surface area contributed by atoms with E-state index in [1.54, 1.807) is 4.90 Å². The smallest absolute Gasteiger partial charge is 0.255 e. The average Bonchev–Trinajstić information content (AvgIpc) is 2.80. The Morgan fingerprint density at radius 2 is 1.91 bits per heavy atom. The van der Waals surface area contributed by atoms with Crippen LogP contribution in [0.4, 0.5) is 0 Å². The molecule has 0 aliphatic rings. The molecule has 22 heavy (non-hydrogen) atoms. The second kappa shape index (κ2) is 7.11. The van der Waals surface area contributed by atoms with Crippen LogP contribution in [0.1, 0.15) is 21.7 Å². The molecule has 0 radical (unpaired) electrons. The molecular weight excluding hydrogens is 342 g/mol. The summed E-state index contributed by atoms with van der Waals surface area (Å²) in [7, 11) is 3.73. The molecule has 0 bridgehead atoms. The molecule has 1 aromatic carbocycles. The van der Waals surface area contributed by atoms with Crippen molar-refractivity contribution in [3.63, 3.8) is 0 Å². The number of benzene rings is 1. The second-order valence-corrected chi connectivity index (χ2v) is 6.34. The number of hydrogen-bond acceptors (Lipinski definition) is 2. The molecule has 0 aliphatic heterocycles. The molecule has 0 saturated heterocycles. The van der Waals surface area contributed by atoms with E-state index >= 15 is 0 Å². The molecule has 1 heterocycles. The highest BCUT2D eigenvalue weighted by Gasteiger charge is 2.19. The number of nitrogens with zero attached hydrogens (tertiary/aromatic N) is 2. The molecule has 5 heteroatoms. The van der Waals surface area contributed by atoms with Gasteiger partial charge in [-0.15, -0.1) is 0 Å². The van der Waals surface area contributed by atoms with Gasteiger partial charge < -0.3 is 14.8 Å². The van der Waals surface area contributed by atoms with E-state index in [1.165, 1.54) is 0 Å². The molecule has 2 rings (SSSR count). The number of carbonyl (C=O) groups is 1. The van der Waals surface area contributed by atoms with Crippen molar-refractivity contribution in [3.8, 4) is 5.69 Å². The third kappa shape index (κ3) is 3.42. The quantitative estimate of drug-likeness (QED) is 0.885. The lowest BCUT2D eigenvalue weighted by molar-refractivity contribution is 0.0796. The fourth-order valence-electron chi connectivity index (χ4n) is 2.55. The van der Waals surface area contributed by atoms with Gasteiger partial charge in [-0.25, -0.2) is 0 Å². The molecule has 1 amide bonds. The Balaban J connectivity index is 2.34. The van der Waals surface area contributed by atoms with E-state index in [2.05, 4.69) is 25.8 Å². The maximum Gasteiger partial charge on any atom is 0.255 e. The standard InChI is InChI=1S/C17H22BrN3O/c1-12-11-16(17(22)20(4)10-9-19-3)13(2)21(12)15-7-5-14(18)6-8-15/h5-8,11,19H,9-10H2,1-4H3. The Morgan fingerprint density at radius 1 is 1.27 bits per heavy atom. The Kier molecular flexibility index (Phi) is 5.42. The van der Waals surface area contributed by atoms with Crippen molar-refractivity contribution < 1.29 is 4.79 Å². The molecule has 2 aromatic rings. The molecule has 0 saturated carbocycles. The zero-order valence-electron chi connectivity index (χ0n) is 13.5. The highest BCUT2D eigenvalue weighted by atomic mass is 79.9. The predicted octanol–water partition coefficient (Wildman–Crippen LogP) is 3.15. The molecule has 0 atom stereocenters. The van der Waals surface area contributed by atoms with Crippen LogP contribution in [0.5, 0.6) is 0 Å². The number of halogens is 1. The fourth-order valence-corrected chi connectivity index (χ4v) is 2.82. The van der Waals surface area contributed by atoms with Crippen LogP contribution in [-0.2, 0) is 0 Å². The summed E-state index contributed by atoms with van der Waals surface area (Å²) >= 11 is 3.45. The van der Waals surface area contributed by atoms with Gasteiger partial charge in [-0.05, 0) is 51.2 Å². The maximum absolute atomic E-state index is 12.6. The van der Waals surface area contributed by atoms with E-state index < -0.39 is 0 Å². The molecular formula is C17H22BrN3O. The summed E-state index contributed by atoms with van der Waals surface area (Å²) in [4.78, 5) is 14.4. The monoisotopic (exact) mass is 363 g/mol. The number of aromatic nitrogens is 1. The van der Waals surface area contributed by atoms with Crippen LogP contribution in [0, 0.1) is 13.8 Å².